The normalized spacial score (nSPS) is 11.6. The number of nitrogens with one attached hydrogen (secondary N) is 1. The first-order valence-corrected chi connectivity index (χ1v) is 7.24. The smallest absolute Gasteiger partial charge is 0.237 e. The second kappa shape index (κ2) is 8.61. The number of nitrogens with two attached hydrogens (primary N) is 1. The third-order valence-corrected chi connectivity index (χ3v) is 3.52. The largest absolute Gasteiger partial charge is 0.497 e. The zero-order chi connectivity index (χ0) is 15.2. The third kappa shape index (κ3) is 4.61. The quantitative estimate of drug-likeness (QED) is 0.859. The van der Waals surface area contributed by atoms with Gasteiger partial charge in [0.1, 0.15) is 5.75 Å². The van der Waals surface area contributed by atoms with Crippen LogP contribution in [0, 0.1) is 0 Å². The number of halogens is 1. The van der Waals surface area contributed by atoms with Crippen molar-refractivity contribution < 1.29 is 9.53 Å². The van der Waals surface area contributed by atoms with Crippen molar-refractivity contribution in [3.63, 3.8) is 0 Å². The van der Waals surface area contributed by atoms with Gasteiger partial charge in [0, 0.05) is 6.54 Å². The Labute approximate surface area is 137 Å². The third-order valence-electron chi connectivity index (χ3n) is 3.52. The molecule has 0 aliphatic rings. The maximum atomic E-state index is 11.8. The first kappa shape index (κ1) is 18.3. The van der Waals surface area contributed by atoms with E-state index < -0.39 is 6.04 Å². The number of benzene rings is 2. The van der Waals surface area contributed by atoms with Gasteiger partial charge >= 0.3 is 0 Å². The van der Waals surface area contributed by atoms with Crippen LogP contribution in [0.4, 0.5) is 0 Å². The second-order valence-electron chi connectivity index (χ2n) is 5.16. The van der Waals surface area contributed by atoms with Crippen LogP contribution in [0.3, 0.4) is 0 Å². The summed E-state index contributed by atoms with van der Waals surface area (Å²) in [6, 6.07) is 11.6. The Morgan fingerprint density at radius 1 is 1.23 bits per heavy atom. The number of ether oxygens (including phenoxy) is 1. The average Bonchev–Trinajstić information content (AvgIpc) is 2.52. The van der Waals surface area contributed by atoms with E-state index in [9.17, 15) is 4.79 Å². The monoisotopic (exact) mass is 322 g/mol. The van der Waals surface area contributed by atoms with Gasteiger partial charge in [0.25, 0.3) is 0 Å². The molecule has 0 radical (unpaired) electrons. The van der Waals surface area contributed by atoms with Crippen LogP contribution in [-0.2, 0) is 11.3 Å². The van der Waals surface area contributed by atoms with E-state index in [1.807, 2.05) is 37.3 Å². The maximum absolute atomic E-state index is 11.8. The number of amides is 1. The van der Waals surface area contributed by atoms with Crippen LogP contribution < -0.4 is 15.8 Å². The minimum Gasteiger partial charge on any atom is -0.497 e. The molecule has 0 bridgehead atoms. The highest BCUT2D eigenvalue weighted by atomic mass is 35.5. The predicted octanol–water partition coefficient (Wildman–Crippen LogP) is 3.01. The van der Waals surface area contributed by atoms with Crippen LogP contribution in [-0.4, -0.2) is 19.1 Å². The van der Waals surface area contributed by atoms with Crippen LogP contribution in [0.15, 0.2) is 36.4 Å². The number of methoxy groups -OCH3 is 1. The van der Waals surface area contributed by atoms with Gasteiger partial charge in [0.05, 0.1) is 13.2 Å². The van der Waals surface area contributed by atoms with Gasteiger partial charge in [0.2, 0.25) is 5.91 Å². The molecule has 1 unspecified atom stereocenters. The minimum absolute atomic E-state index is 0. The van der Waals surface area contributed by atoms with Gasteiger partial charge in [-0.1, -0.05) is 31.5 Å². The molecule has 0 saturated carbocycles. The molecular weight excluding hydrogens is 300 g/mol. The molecule has 4 nitrogen and oxygen atoms in total. The summed E-state index contributed by atoms with van der Waals surface area (Å²) < 4.78 is 5.21. The first-order chi connectivity index (χ1) is 10.1. The van der Waals surface area contributed by atoms with Gasteiger partial charge in [-0.2, -0.15) is 0 Å². The van der Waals surface area contributed by atoms with Crippen LogP contribution in [0.1, 0.15) is 25.3 Å². The van der Waals surface area contributed by atoms with Crippen LogP contribution in [0.5, 0.6) is 5.75 Å². The summed E-state index contributed by atoms with van der Waals surface area (Å²) in [5, 5.41) is 5.13. The Morgan fingerprint density at radius 2 is 1.91 bits per heavy atom. The van der Waals surface area contributed by atoms with E-state index in [0.717, 1.165) is 28.5 Å². The highest BCUT2D eigenvalue weighted by Crippen LogP contribution is 2.21. The molecule has 120 valence electrons. The second-order valence-corrected chi connectivity index (χ2v) is 5.16. The van der Waals surface area contributed by atoms with Crippen molar-refractivity contribution in [3.8, 4) is 5.75 Å². The molecule has 0 aliphatic carbocycles. The molecule has 1 atom stereocenters. The number of rotatable bonds is 6. The lowest BCUT2D eigenvalue weighted by Crippen LogP contribution is -2.40. The fourth-order valence-electron chi connectivity index (χ4n) is 2.27. The van der Waals surface area contributed by atoms with Crippen molar-refractivity contribution in [2.75, 3.05) is 7.11 Å². The summed E-state index contributed by atoms with van der Waals surface area (Å²) >= 11 is 0. The lowest BCUT2D eigenvalue weighted by Gasteiger charge is -2.11. The van der Waals surface area contributed by atoms with Crippen molar-refractivity contribution in [2.45, 2.75) is 32.4 Å². The fraction of sp³-hybridized carbons (Fsp3) is 0.353. The Balaban J connectivity index is 0.00000242. The molecule has 2 rings (SSSR count). The van der Waals surface area contributed by atoms with Crippen molar-refractivity contribution in [2.24, 2.45) is 5.73 Å². The van der Waals surface area contributed by atoms with Gasteiger partial charge in [-0.3, -0.25) is 4.79 Å². The van der Waals surface area contributed by atoms with E-state index in [1.54, 1.807) is 7.11 Å². The molecule has 2 aromatic carbocycles. The summed E-state index contributed by atoms with van der Waals surface area (Å²) in [5.74, 6) is 0.751. The van der Waals surface area contributed by atoms with E-state index in [0.29, 0.717) is 13.0 Å². The van der Waals surface area contributed by atoms with Gasteiger partial charge in [-0.05, 0) is 41.0 Å². The lowest BCUT2D eigenvalue weighted by molar-refractivity contribution is -0.122. The Kier molecular flexibility index (Phi) is 7.15. The topological polar surface area (TPSA) is 64.4 Å². The van der Waals surface area contributed by atoms with Gasteiger partial charge in [-0.25, -0.2) is 0 Å². The Morgan fingerprint density at radius 3 is 2.59 bits per heavy atom. The van der Waals surface area contributed by atoms with E-state index in [-0.39, 0.29) is 18.3 Å². The standard InChI is InChI=1S/C17H22N2O2.ClH/c1-3-4-16(18)17(20)19-11-12-5-6-14-10-15(21-2)8-7-13(14)9-12;/h5-10,16H,3-4,11,18H2,1-2H3,(H,19,20);1H. The number of hydrogen-bond donors (Lipinski definition) is 2. The van der Waals surface area contributed by atoms with Crippen LogP contribution in [0.2, 0.25) is 0 Å². The molecule has 5 heteroatoms. The molecule has 2 aromatic rings. The van der Waals surface area contributed by atoms with Crippen molar-refractivity contribution in [1.82, 2.24) is 5.32 Å². The van der Waals surface area contributed by atoms with Gasteiger partial charge in [-0.15, -0.1) is 12.4 Å². The van der Waals surface area contributed by atoms with E-state index in [4.69, 9.17) is 10.5 Å². The number of carbonyl (C=O) groups excluding carboxylic acids is 1. The SMILES string of the molecule is CCCC(N)C(=O)NCc1ccc2cc(OC)ccc2c1.Cl. The van der Waals surface area contributed by atoms with Crippen molar-refractivity contribution in [3.05, 3.63) is 42.0 Å². The van der Waals surface area contributed by atoms with Crippen molar-refractivity contribution in [1.29, 1.82) is 0 Å². The molecule has 0 heterocycles. The molecule has 0 aliphatic heterocycles. The maximum Gasteiger partial charge on any atom is 0.237 e. The Bertz CT molecular complexity index is 631. The molecular formula is C17H23ClN2O2. The van der Waals surface area contributed by atoms with Gasteiger partial charge < -0.3 is 15.8 Å². The highest BCUT2D eigenvalue weighted by Gasteiger charge is 2.11. The molecule has 1 amide bonds. The molecule has 3 N–H and O–H groups in total. The van der Waals surface area contributed by atoms with Gasteiger partial charge in [0.15, 0.2) is 0 Å². The summed E-state index contributed by atoms with van der Waals surface area (Å²) in [4.78, 5) is 11.8. The number of hydrogen-bond acceptors (Lipinski definition) is 3. The molecule has 0 spiro atoms. The summed E-state index contributed by atoms with van der Waals surface area (Å²) in [6.45, 7) is 2.52. The fourth-order valence-corrected chi connectivity index (χ4v) is 2.27. The Hall–Kier alpha value is -1.78. The summed E-state index contributed by atoms with van der Waals surface area (Å²) in [7, 11) is 1.66. The predicted molar refractivity (Wildman–Crippen MR) is 92.5 cm³/mol. The summed E-state index contributed by atoms with van der Waals surface area (Å²) in [6.07, 6.45) is 1.62. The van der Waals surface area contributed by atoms with Crippen molar-refractivity contribution >= 4 is 29.1 Å². The molecule has 0 fully saturated rings. The zero-order valence-electron chi connectivity index (χ0n) is 13.0. The lowest BCUT2D eigenvalue weighted by atomic mass is 10.1. The molecule has 22 heavy (non-hydrogen) atoms. The van der Waals surface area contributed by atoms with Crippen LogP contribution in [0.25, 0.3) is 10.8 Å². The molecule has 0 aromatic heterocycles. The average molecular weight is 323 g/mol. The van der Waals surface area contributed by atoms with Crippen LogP contribution >= 0.6 is 12.4 Å². The highest BCUT2D eigenvalue weighted by molar-refractivity contribution is 5.85. The van der Waals surface area contributed by atoms with E-state index in [2.05, 4.69) is 11.4 Å². The first-order valence-electron chi connectivity index (χ1n) is 7.24. The minimum atomic E-state index is -0.417. The number of fused-ring (bicyclic) bond motifs is 1. The summed E-state index contributed by atoms with van der Waals surface area (Å²) in [5.41, 5.74) is 6.85. The molecule has 0 saturated heterocycles. The van der Waals surface area contributed by atoms with E-state index in [1.165, 1.54) is 0 Å². The van der Waals surface area contributed by atoms with E-state index >= 15 is 0 Å². The zero-order valence-corrected chi connectivity index (χ0v) is 13.8. The number of carbonyl (C=O) groups is 1.